The predicted octanol–water partition coefficient (Wildman–Crippen LogP) is 2.59. The first-order valence-corrected chi connectivity index (χ1v) is 7.10. The molecule has 2 atom stereocenters. The van der Waals surface area contributed by atoms with E-state index < -0.39 is 0 Å². The Morgan fingerprint density at radius 1 is 1.50 bits per heavy atom. The Bertz CT molecular complexity index is 490. The molecule has 1 aliphatic rings. The predicted molar refractivity (Wildman–Crippen MR) is 77.2 cm³/mol. The number of oxime groups is 1. The molecule has 0 aromatic heterocycles. The van der Waals surface area contributed by atoms with Crippen molar-refractivity contribution in [3.63, 3.8) is 0 Å². The van der Waals surface area contributed by atoms with Gasteiger partial charge in [-0.25, -0.2) is 4.39 Å². The van der Waals surface area contributed by atoms with Crippen LogP contribution in [0.2, 0.25) is 0 Å². The van der Waals surface area contributed by atoms with Crippen molar-refractivity contribution in [2.45, 2.75) is 45.2 Å². The van der Waals surface area contributed by atoms with Crippen molar-refractivity contribution in [2.24, 2.45) is 16.8 Å². The van der Waals surface area contributed by atoms with Crippen LogP contribution in [0.25, 0.3) is 0 Å². The molecule has 1 saturated carbocycles. The van der Waals surface area contributed by atoms with Crippen LogP contribution < -0.4 is 11.1 Å². The SMILES string of the molecule is CC1CCCC(NCc2ccc(C(N)=NO)cc2F)C1. The van der Waals surface area contributed by atoms with E-state index in [9.17, 15) is 4.39 Å². The number of hydrogen-bond acceptors (Lipinski definition) is 3. The van der Waals surface area contributed by atoms with Crippen molar-refractivity contribution in [1.82, 2.24) is 5.32 Å². The van der Waals surface area contributed by atoms with Crippen LogP contribution in [-0.2, 0) is 6.54 Å². The Hall–Kier alpha value is -1.62. The molecule has 0 amide bonds. The van der Waals surface area contributed by atoms with Crippen LogP contribution >= 0.6 is 0 Å². The Morgan fingerprint density at radius 3 is 2.95 bits per heavy atom. The number of hydrogen-bond donors (Lipinski definition) is 3. The molecule has 1 fully saturated rings. The molecule has 1 aromatic carbocycles. The van der Waals surface area contributed by atoms with E-state index in [1.165, 1.54) is 18.9 Å². The molecule has 110 valence electrons. The van der Waals surface area contributed by atoms with Gasteiger partial charge in [0, 0.05) is 23.7 Å². The maximum absolute atomic E-state index is 13.9. The number of nitrogens with one attached hydrogen (secondary N) is 1. The minimum atomic E-state index is -0.328. The summed E-state index contributed by atoms with van der Waals surface area (Å²) < 4.78 is 13.9. The van der Waals surface area contributed by atoms with E-state index >= 15 is 0 Å². The molecule has 0 heterocycles. The van der Waals surface area contributed by atoms with Crippen molar-refractivity contribution < 1.29 is 9.60 Å². The fraction of sp³-hybridized carbons (Fsp3) is 0.533. The van der Waals surface area contributed by atoms with Gasteiger partial charge < -0.3 is 16.3 Å². The Kier molecular flexibility index (Phi) is 4.95. The summed E-state index contributed by atoms with van der Waals surface area (Å²) in [7, 11) is 0. The van der Waals surface area contributed by atoms with E-state index in [0.717, 1.165) is 18.8 Å². The van der Waals surface area contributed by atoms with Crippen molar-refractivity contribution in [2.75, 3.05) is 0 Å². The third-order valence-corrected chi connectivity index (χ3v) is 3.97. The highest BCUT2D eigenvalue weighted by molar-refractivity contribution is 5.97. The second-order valence-corrected chi connectivity index (χ2v) is 5.64. The maximum Gasteiger partial charge on any atom is 0.170 e. The second kappa shape index (κ2) is 6.70. The van der Waals surface area contributed by atoms with Gasteiger partial charge in [0.2, 0.25) is 0 Å². The van der Waals surface area contributed by atoms with Crippen molar-refractivity contribution in [1.29, 1.82) is 0 Å². The molecule has 1 aromatic rings. The third-order valence-electron chi connectivity index (χ3n) is 3.97. The molecule has 4 N–H and O–H groups in total. The van der Waals surface area contributed by atoms with Crippen LogP contribution in [0.3, 0.4) is 0 Å². The van der Waals surface area contributed by atoms with Gasteiger partial charge in [-0.1, -0.05) is 37.1 Å². The first-order chi connectivity index (χ1) is 9.60. The van der Waals surface area contributed by atoms with Gasteiger partial charge in [-0.2, -0.15) is 0 Å². The number of nitrogens with two attached hydrogens (primary N) is 1. The van der Waals surface area contributed by atoms with Crippen LogP contribution in [0.1, 0.15) is 43.7 Å². The standard InChI is InChI=1S/C15H22FN3O/c1-10-3-2-4-13(7-10)18-9-12-6-5-11(8-14(12)16)15(17)19-20/h5-6,8,10,13,18,20H,2-4,7,9H2,1H3,(H2,17,19). The highest BCUT2D eigenvalue weighted by atomic mass is 19.1. The molecule has 2 rings (SSSR count). The molecule has 0 saturated heterocycles. The molecular formula is C15H22FN3O. The van der Waals surface area contributed by atoms with Gasteiger partial charge in [-0.3, -0.25) is 0 Å². The molecule has 0 bridgehead atoms. The molecule has 1 aliphatic carbocycles. The van der Waals surface area contributed by atoms with E-state index in [0.29, 0.717) is 23.7 Å². The molecule has 5 heteroatoms. The van der Waals surface area contributed by atoms with E-state index in [1.807, 2.05) is 0 Å². The lowest BCUT2D eigenvalue weighted by Gasteiger charge is -2.27. The summed E-state index contributed by atoms with van der Waals surface area (Å²) in [6.07, 6.45) is 4.85. The molecule has 0 radical (unpaired) electrons. The fourth-order valence-electron chi connectivity index (χ4n) is 2.78. The third kappa shape index (κ3) is 3.70. The van der Waals surface area contributed by atoms with E-state index in [1.54, 1.807) is 12.1 Å². The summed E-state index contributed by atoms with van der Waals surface area (Å²) in [5.41, 5.74) is 6.43. The monoisotopic (exact) mass is 279 g/mol. The smallest absolute Gasteiger partial charge is 0.170 e. The zero-order valence-electron chi connectivity index (χ0n) is 11.8. The lowest BCUT2D eigenvalue weighted by molar-refractivity contribution is 0.299. The topological polar surface area (TPSA) is 70.6 Å². The molecule has 20 heavy (non-hydrogen) atoms. The summed E-state index contributed by atoms with van der Waals surface area (Å²) in [6, 6.07) is 5.12. The molecule has 2 unspecified atom stereocenters. The average Bonchev–Trinajstić information content (AvgIpc) is 2.45. The lowest BCUT2D eigenvalue weighted by Crippen LogP contribution is -2.33. The van der Waals surface area contributed by atoms with Crippen molar-refractivity contribution in [3.05, 3.63) is 35.1 Å². The first kappa shape index (κ1) is 14.8. The highest BCUT2D eigenvalue weighted by Gasteiger charge is 2.18. The van der Waals surface area contributed by atoms with Crippen LogP contribution in [0, 0.1) is 11.7 Å². The summed E-state index contributed by atoms with van der Waals surface area (Å²) in [4.78, 5) is 0. The van der Waals surface area contributed by atoms with Gasteiger partial charge in [-0.15, -0.1) is 0 Å². The van der Waals surface area contributed by atoms with Crippen molar-refractivity contribution in [3.8, 4) is 0 Å². The van der Waals surface area contributed by atoms with Gasteiger partial charge in [0.15, 0.2) is 5.84 Å². The summed E-state index contributed by atoms with van der Waals surface area (Å²) in [5, 5.41) is 14.9. The zero-order valence-corrected chi connectivity index (χ0v) is 11.8. The van der Waals surface area contributed by atoms with E-state index in [4.69, 9.17) is 10.9 Å². The van der Waals surface area contributed by atoms with Gasteiger partial charge >= 0.3 is 0 Å². The highest BCUT2D eigenvalue weighted by Crippen LogP contribution is 2.24. The average molecular weight is 279 g/mol. The Morgan fingerprint density at radius 2 is 2.30 bits per heavy atom. The van der Waals surface area contributed by atoms with Crippen LogP contribution in [0.5, 0.6) is 0 Å². The van der Waals surface area contributed by atoms with Gasteiger partial charge in [0.1, 0.15) is 5.82 Å². The summed E-state index contributed by atoms with van der Waals surface area (Å²) >= 11 is 0. The lowest BCUT2D eigenvalue weighted by atomic mass is 9.87. The first-order valence-electron chi connectivity index (χ1n) is 7.10. The number of amidine groups is 1. The van der Waals surface area contributed by atoms with Crippen molar-refractivity contribution >= 4 is 5.84 Å². The Balaban J connectivity index is 1.96. The normalized spacial score (nSPS) is 23.8. The molecule has 4 nitrogen and oxygen atoms in total. The minimum absolute atomic E-state index is 0.0792. The number of rotatable bonds is 4. The maximum atomic E-state index is 13.9. The van der Waals surface area contributed by atoms with Gasteiger partial charge in [0.25, 0.3) is 0 Å². The number of benzene rings is 1. The second-order valence-electron chi connectivity index (χ2n) is 5.64. The molecule has 0 aliphatic heterocycles. The van der Waals surface area contributed by atoms with Crippen LogP contribution in [0.4, 0.5) is 4.39 Å². The van der Waals surface area contributed by atoms with Gasteiger partial charge in [0.05, 0.1) is 0 Å². The molecule has 0 spiro atoms. The molecular weight excluding hydrogens is 257 g/mol. The summed E-state index contributed by atoms with van der Waals surface area (Å²) in [5.74, 6) is 0.337. The van der Waals surface area contributed by atoms with E-state index in [2.05, 4.69) is 17.4 Å². The summed E-state index contributed by atoms with van der Waals surface area (Å²) in [6.45, 7) is 2.78. The van der Waals surface area contributed by atoms with E-state index in [-0.39, 0.29) is 11.7 Å². The fourth-order valence-corrected chi connectivity index (χ4v) is 2.78. The zero-order chi connectivity index (χ0) is 14.5. The minimum Gasteiger partial charge on any atom is -0.409 e. The van der Waals surface area contributed by atoms with Crippen LogP contribution in [0.15, 0.2) is 23.4 Å². The number of halogens is 1. The van der Waals surface area contributed by atoms with Gasteiger partial charge in [-0.05, 0) is 24.8 Å². The number of nitrogens with zero attached hydrogens (tertiary/aromatic N) is 1. The van der Waals surface area contributed by atoms with Crippen LogP contribution in [-0.4, -0.2) is 17.1 Å². The Labute approximate surface area is 118 Å². The largest absolute Gasteiger partial charge is 0.409 e. The quantitative estimate of drug-likeness (QED) is 0.343.